The molecule has 1 unspecified atom stereocenters. The molecule has 1 fully saturated rings. The second-order valence-corrected chi connectivity index (χ2v) is 8.68. The fraction of sp³-hybridized carbons (Fsp3) is 0.750. The van der Waals surface area contributed by atoms with E-state index in [0.29, 0.717) is 5.41 Å². The van der Waals surface area contributed by atoms with E-state index in [2.05, 4.69) is 32.0 Å². The molecular formula is C24H38. The maximum Gasteiger partial charge on any atom is -0.00469 e. The van der Waals surface area contributed by atoms with Crippen molar-refractivity contribution >= 4 is 0 Å². The average Bonchev–Trinajstić information content (AvgIpc) is 2.62. The van der Waals surface area contributed by atoms with Gasteiger partial charge in [-0.05, 0) is 66.5 Å². The Labute approximate surface area is 150 Å². The Kier molecular flexibility index (Phi) is 6.42. The minimum absolute atomic E-state index is 0.517. The summed E-state index contributed by atoms with van der Waals surface area (Å²) >= 11 is 0. The van der Waals surface area contributed by atoms with E-state index in [1.807, 2.05) is 0 Å². The van der Waals surface area contributed by atoms with Crippen molar-refractivity contribution in [3.8, 4) is 0 Å². The molecular weight excluding hydrogens is 288 g/mol. The lowest BCUT2D eigenvalue weighted by atomic mass is 9.65. The number of rotatable bonds is 7. The third-order valence-electron chi connectivity index (χ3n) is 6.92. The molecule has 1 atom stereocenters. The second kappa shape index (κ2) is 8.54. The van der Waals surface area contributed by atoms with Gasteiger partial charge in [0.25, 0.3) is 0 Å². The highest BCUT2D eigenvalue weighted by Gasteiger charge is 2.34. The van der Waals surface area contributed by atoms with E-state index < -0.39 is 0 Å². The van der Waals surface area contributed by atoms with Crippen molar-refractivity contribution in [3.05, 3.63) is 34.9 Å². The first-order valence-electron chi connectivity index (χ1n) is 10.9. The Bertz CT molecular complexity index is 507. The van der Waals surface area contributed by atoms with Crippen molar-refractivity contribution in [2.24, 2.45) is 5.92 Å². The fourth-order valence-electron chi connectivity index (χ4n) is 5.44. The summed E-state index contributed by atoms with van der Waals surface area (Å²) in [5.41, 5.74) is 5.58. The van der Waals surface area contributed by atoms with Crippen LogP contribution in [0, 0.1) is 5.92 Å². The van der Waals surface area contributed by atoms with Crippen LogP contribution in [0.1, 0.15) is 108 Å². The van der Waals surface area contributed by atoms with E-state index in [1.165, 1.54) is 89.9 Å². The molecule has 0 heteroatoms. The molecule has 0 N–H and O–H groups in total. The average molecular weight is 327 g/mol. The first-order chi connectivity index (χ1) is 11.8. The predicted molar refractivity (Wildman–Crippen MR) is 106 cm³/mol. The minimum atomic E-state index is 0.517. The van der Waals surface area contributed by atoms with E-state index in [9.17, 15) is 0 Å². The van der Waals surface area contributed by atoms with Crippen molar-refractivity contribution in [2.75, 3.05) is 0 Å². The highest BCUT2D eigenvalue weighted by Crippen LogP contribution is 2.44. The van der Waals surface area contributed by atoms with Gasteiger partial charge in [-0.25, -0.2) is 0 Å². The van der Waals surface area contributed by atoms with Gasteiger partial charge < -0.3 is 0 Å². The van der Waals surface area contributed by atoms with E-state index in [1.54, 1.807) is 16.7 Å². The summed E-state index contributed by atoms with van der Waals surface area (Å²) in [6.07, 6.45) is 19.7. The lowest BCUT2D eigenvalue weighted by Gasteiger charge is -2.39. The van der Waals surface area contributed by atoms with Crippen molar-refractivity contribution in [1.82, 2.24) is 0 Å². The molecule has 1 aromatic carbocycles. The number of hydrogen-bond acceptors (Lipinski definition) is 0. The van der Waals surface area contributed by atoms with Crippen LogP contribution in [-0.2, 0) is 18.3 Å². The topological polar surface area (TPSA) is 0 Å². The van der Waals surface area contributed by atoms with Crippen molar-refractivity contribution in [3.63, 3.8) is 0 Å². The van der Waals surface area contributed by atoms with Crippen LogP contribution in [0.2, 0.25) is 0 Å². The third kappa shape index (κ3) is 4.06. The molecule has 0 bridgehead atoms. The monoisotopic (exact) mass is 326 g/mol. The summed E-state index contributed by atoms with van der Waals surface area (Å²) in [4.78, 5) is 0. The van der Waals surface area contributed by atoms with E-state index in [0.717, 1.165) is 5.92 Å². The van der Waals surface area contributed by atoms with Crippen LogP contribution < -0.4 is 0 Å². The van der Waals surface area contributed by atoms with Crippen molar-refractivity contribution in [1.29, 1.82) is 0 Å². The molecule has 24 heavy (non-hydrogen) atoms. The lowest BCUT2D eigenvalue weighted by molar-refractivity contribution is 0.265. The third-order valence-corrected chi connectivity index (χ3v) is 6.92. The zero-order valence-corrected chi connectivity index (χ0v) is 16.2. The smallest absolute Gasteiger partial charge is 0.00469 e. The number of hydrogen-bond donors (Lipinski definition) is 0. The zero-order chi connectivity index (χ0) is 16.8. The first-order valence-corrected chi connectivity index (χ1v) is 10.9. The molecule has 0 saturated heterocycles. The van der Waals surface area contributed by atoms with Crippen LogP contribution in [0.3, 0.4) is 0 Å². The van der Waals surface area contributed by atoms with Crippen LogP contribution >= 0.6 is 0 Å². The van der Waals surface area contributed by atoms with Gasteiger partial charge in [-0.1, -0.05) is 83.4 Å². The van der Waals surface area contributed by atoms with Gasteiger partial charge in [0, 0.05) is 0 Å². The molecule has 3 rings (SSSR count). The number of unbranched alkanes of at least 4 members (excludes halogenated alkanes) is 2. The Hall–Kier alpha value is -0.780. The van der Waals surface area contributed by atoms with Gasteiger partial charge in [-0.2, -0.15) is 0 Å². The van der Waals surface area contributed by atoms with Gasteiger partial charge >= 0.3 is 0 Å². The maximum absolute atomic E-state index is 2.65. The summed E-state index contributed by atoms with van der Waals surface area (Å²) in [6, 6.07) is 7.70. The van der Waals surface area contributed by atoms with Gasteiger partial charge in [0.2, 0.25) is 0 Å². The maximum atomic E-state index is 2.65. The predicted octanol–water partition coefficient (Wildman–Crippen LogP) is 7.37. The van der Waals surface area contributed by atoms with Gasteiger partial charge in [-0.3, -0.25) is 0 Å². The summed E-state index contributed by atoms with van der Waals surface area (Å²) < 4.78 is 0. The van der Waals surface area contributed by atoms with Gasteiger partial charge in [0.05, 0.1) is 0 Å². The Morgan fingerprint density at radius 2 is 1.79 bits per heavy atom. The molecule has 0 aliphatic heterocycles. The summed E-state index contributed by atoms with van der Waals surface area (Å²) in [7, 11) is 0. The molecule has 2 aliphatic rings. The lowest BCUT2D eigenvalue weighted by Crippen LogP contribution is -2.29. The Morgan fingerprint density at radius 1 is 0.958 bits per heavy atom. The molecule has 134 valence electrons. The van der Waals surface area contributed by atoms with Crippen LogP contribution in [0.25, 0.3) is 0 Å². The SMILES string of the molecule is CCCCCC1(c2ccc3c(c2)CCC(CCC)C3)CCCCC1. The van der Waals surface area contributed by atoms with Crippen LogP contribution in [-0.4, -0.2) is 0 Å². The zero-order valence-electron chi connectivity index (χ0n) is 16.2. The van der Waals surface area contributed by atoms with Crippen LogP contribution in [0.5, 0.6) is 0 Å². The number of benzene rings is 1. The minimum Gasteiger partial charge on any atom is -0.0654 e. The molecule has 2 aliphatic carbocycles. The molecule has 0 spiro atoms. The first kappa shape index (κ1) is 18.0. The highest BCUT2D eigenvalue weighted by atomic mass is 14.4. The molecule has 0 heterocycles. The van der Waals surface area contributed by atoms with Crippen molar-refractivity contribution < 1.29 is 0 Å². The van der Waals surface area contributed by atoms with E-state index in [-0.39, 0.29) is 0 Å². The van der Waals surface area contributed by atoms with E-state index in [4.69, 9.17) is 0 Å². The molecule has 0 amide bonds. The Balaban J connectivity index is 1.79. The van der Waals surface area contributed by atoms with Crippen LogP contribution in [0.15, 0.2) is 18.2 Å². The fourth-order valence-corrected chi connectivity index (χ4v) is 5.44. The molecule has 0 aromatic heterocycles. The molecule has 0 radical (unpaired) electrons. The van der Waals surface area contributed by atoms with Crippen LogP contribution in [0.4, 0.5) is 0 Å². The highest BCUT2D eigenvalue weighted by molar-refractivity contribution is 5.38. The number of fused-ring (bicyclic) bond motifs is 1. The molecule has 1 aromatic rings. The van der Waals surface area contributed by atoms with E-state index >= 15 is 0 Å². The summed E-state index contributed by atoms with van der Waals surface area (Å²) in [6.45, 7) is 4.67. The standard InChI is InChI=1S/C24H38/c1-3-5-7-15-24(16-8-6-9-17-24)23-14-13-21-18-20(10-4-2)11-12-22(21)19-23/h13-14,19-20H,3-12,15-18H2,1-2H3. The van der Waals surface area contributed by atoms with Gasteiger partial charge in [-0.15, -0.1) is 0 Å². The normalized spacial score (nSPS) is 23.0. The number of aryl methyl sites for hydroxylation is 1. The quantitative estimate of drug-likeness (QED) is 0.459. The summed E-state index contributed by atoms with van der Waals surface area (Å²) in [5, 5.41) is 0. The Morgan fingerprint density at radius 3 is 2.54 bits per heavy atom. The van der Waals surface area contributed by atoms with Crippen molar-refractivity contribution in [2.45, 2.75) is 109 Å². The van der Waals surface area contributed by atoms with Gasteiger partial charge in [0.1, 0.15) is 0 Å². The summed E-state index contributed by atoms with van der Waals surface area (Å²) in [5.74, 6) is 0.946. The molecule has 1 saturated carbocycles. The second-order valence-electron chi connectivity index (χ2n) is 8.68. The van der Waals surface area contributed by atoms with Gasteiger partial charge in [0.15, 0.2) is 0 Å². The largest absolute Gasteiger partial charge is 0.0654 e. The molecule has 0 nitrogen and oxygen atoms in total.